The quantitative estimate of drug-likeness (QED) is 0.774. The van der Waals surface area contributed by atoms with Crippen LogP contribution in [0.1, 0.15) is 26.7 Å². The number of ether oxygens (including phenoxy) is 1. The zero-order chi connectivity index (χ0) is 16.7. The Morgan fingerprint density at radius 3 is 2.43 bits per heavy atom. The smallest absolute Gasteiger partial charge is 0.225 e. The fourth-order valence-corrected chi connectivity index (χ4v) is 2.93. The highest BCUT2D eigenvalue weighted by Crippen LogP contribution is 2.16. The summed E-state index contributed by atoms with van der Waals surface area (Å²) in [5.74, 6) is 0.423. The van der Waals surface area contributed by atoms with Gasteiger partial charge in [0, 0.05) is 38.6 Å². The Bertz CT molecular complexity index is 498. The summed E-state index contributed by atoms with van der Waals surface area (Å²) in [4.78, 5) is 16.6. The normalized spacial score (nSPS) is 15.9. The number of hydrogen-bond acceptors (Lipinski definition) is 3. The molecule has 0 spiro atoms. The second-order valence-electron chi connectivity index (χ2n) is 5.96. The number of piperazine rings is 1. The van der Waals surface area contributed by atoms with E-state index in [1.807, 2.05) is 4.90 Å². The summed E-state index contributed by atoms with van der Waals surface area (Å²) in [6.07, 6.45) is 1.82. The molecule has 1 fully saturated rings. The van der Waals surface area contributed by atoms with Crippen LogP contribution in [0.2, 0.25) is 0 Å². The molecule has 4 nitrogen and oxygen atoms in total. The summed E-state index contributed by atoms with van der Waals surface area (Å²) < 4.78 is 18.9. The fourth-order valence-electron chi connectivity index (χ4n) is 2.93. The lowest BCUT2D eigenvalue weighted by Gasteiger charge is -2.36. The van der Waals surface area contributed by atoms with Crippen molar-refractivity contribution in [3.8, 4) is 5.75 Å². The number of halogens is 1. The molecule has 1 amide bonds. The van der Waals surface area contributed by atoms with Gasteiger partial charge in [-0.2, -0.15) is 0 Å². The van der Waals surface area contributed by atoms with Gasteiger partial charge >= 0.3 is 0 Å². The Hall–Kier alpha value is -1.62. The van der Waals surface area contributed by atoms with E-state index in [-0.39, 0.29) is 17.6 Å². The molecular formula is C18H27FN2O2. The van der Waals surface area contributed by atoms with E-state index in [0.29, 0.717) is 12.4 Å². The summed E-state index contributed by atoms with van der Waals surface area (Å²) in [5.41, 5.74) is 0. The second kappa shape index (κ2) is 8.87. The zero-order valence-electron chi connectivity index (χ0n) is 14.1. The lowest BCUT2D eigenvalue weighted by atomic mass is 10.0. The van der Waals surface area contributed by atoms with Crippen molar-refractivity contribution >= 4 is 5.91 Å². The molecule has 1 saturated heterocycles. The van der Waals surface area contributed by atoms with Crippen molar-refractivity contribution in [2.45, 2.75) is 26.7 Å². The van der Waals surface area contributed by atoms with Crippen LogP contribution >= 0.6 is 0 Å². The second-order valence-corrected chi connectivity index (χ2v) is 5.96. The van der Waals surface area contributed by atoms with Crippen LogP contribution in [0.4, 0.5) is 4.39 Å². The molecule has 0 atom stereocenters. The van der Waals surface area contributed by atoms with Crippen molar-refractivity contribution in [1.29, 1.82) is 0 Å². The third-order valence-corrected chi connectivity index (χ3v) is 4.52. The van der Waals surface area contributed by atoms with E-state index in [0.717, 1.165) is 45.6 Å². The highest BCUT2D eigenvalue weighted by molar-refractivity contribution is 5.78. The first-order valence-corrected chi connectivity index (χ1v) is 8.54. The molecule has 0 bridgehead atoms. The van der Waals surface area contributed by atoms with E-state index in [2.05, 4.69) is 18.7 Å². The van der Waals surface area contributed by atoms with Gasteiger partial charge in [-0.25, -0.2) is 4.39 Å². The first-order chi connectivity index (χ1) is 11.2. The molecule has 128 valence electrons. The Morgan fingerprint density at radius 1 is 1.17 bits per heavy atom. The van der Waals surface area contributed by atoms with Gasteiger partial charge in [0.05, 0.1) is 0 Å². The van der Waals surface area contributed by atoms with Crippen molar-refractivity contribution in [3.63, 3.8) is 0 Å². The molecule has 1 aliphatic heterocycles. The molecule has 0 N–H and O–H groups in total. The van der Waals surface area contributed by atoms with Crippen LogP contribution in [-0.4, -0.2) is 55.0 Å². The third kappa shape index (κ3) is 4.93. The molecule has 1 aliphatic rings. The number of carbonyl (C=O) groups excluding carboxylic acids is 1. The van der Waals surface area contributed by atoms with E-state index in [9.17, 15) is 9.18 Å². The van der Waals surface area contributed by atoms with Crippen LogP contribution < -0.4 is 4.74 Å². The van der Waals surface area contributed by atoms with Gasteiger partial charge in [0.2, 0.25) is 5.91 Å². The summed E-state index contributed by atoms with van der Waals surface area (Å²) in [7, 11) is 0. The van der Waals surface area contributed by atoms with Crippen LogP contribution in [0.3, 0.4) is 0 Å². The lowest BCUT2D eigenvalue weighted by molar-refractivity contribution is -0.137. The van der Waals surface area contributed by atoms with E-state index in [1.54, 1.807) is 18.2 Å². The summed E-state index contributed by atoms with van der Waals surface area (Å²) >= 11 is 0. The third-order valence-electron chi connectivity index (χ3n) is 4.52. The molecule has 0 radical (unpaired) electrons. The highest BCUT2D eigenvalue weighted by Gasteiger charge is 2.25. The molecule has 0 aromatic heterocycles. The molecule has 2 rings (SSSR count). The summed E-state index contributed by atoms with van der Waals surface area (Å²) in [5, 5.41) is 0. The fraction of sp³-hybridized carbons (Fsp3) is 0.611. The standard InChI is InChI=1S/C18H27FN2O2/c1-3-15(4-2)18(22)21-11-9-20(10-12-21)13-14-23-17-8-6-5-7-16(17)19/h5-8,15H,3-4,9-14H2,1-2H3. The molecule has 0 unspecified atom stereocenters. The van der Waals surface area contributed by atoms with Gasteiger partial charge in [-0.05, 0) is 25.0 Å². The number of rotatable bonds is 7. The Morgan fingerprint density at radius 2 is 1.83 bits per heavy atom. The summed E-state index contributed by atoms with van der Waals surface area (Å²) in [6, 6.07) is 6.46. The van der Waals surface area contributed by atoms with Crippen LogP contribution in [0.25, 0.3) is 0 Å². The SMILES string of the molecule is CCC(CC)C(=O)N1CCN(CCOc2ccccc2F)CC1. The van der Waals surface area contributed by atoms with Crippen molar-refractivity contribution in [2.75, 3.05) is 39.3 Å². The number of hydrogen-bond donors (Lipinski definition) is 0. The Labute approximate surface area is 138 Å². The van der Waals surface area contributed by atoms with Gasteiger partial charge in [-0.15, -0.1) is 0 Å². The van der Waals surface area contributed by atoms with Crippen LogP contribution in [0.15, 0.2) is 24.3 Å². The molecule has 23 heavy (non-hydrogen) atoms. The number of benzene rings is 1. The Kier molecular flexibility index (Phi) is 6.84. The first-order valence-electron chi connectivity index (χ1n) is 8.54. The van der Waals surface area contributed by atoms with Crippen molar-refractivity contribution in [1.82, 2.24) is 9.80 Å². The van der Waals surface area contributed by atoms with Gasteiger partial charge in [0.25, 0.3) is 0 Å². The van der Waals surface area contributed by atoms with Gasteiger partial charge in [-0.3, -0.25) is 9.69 Å². The molecule has 0 saturated carbocycles. The average molecular weight is 322 g/mol. The van der Waals surface area contributed by atoms with E-state index in [4.69, 9.17) is 4.74 Å². The van der Waals surface area contributed by atoms with E-state index < -0.39 is 0 Å². The molecule has 1 aromatic rings. The molecular weight excluding hydrogens is 295 g/mol. The maximum absolute atomic E-state index is 13.5. The molecule has 1 aromatic carbocycles. The van der Waals surface area contributed by atoms with Crippen LogP contribution in [0.5, 0.6) is 5.75 Å². The highest BCUT2D eigenvalue weighted by atomic mass is 19.1. The van der Waals surface area contributed by atoms with Crippen molar-refractivity contribution in [2.24, 2.45) is 5.92 Å². The molecule has 5 heteroatoms. The van der Waals surface area contributed by atoms with Crippen molar-refractivity contribution in [3.05, 3.63) is 30.1 Å². The topological polar surface area (TPSA) is 32.8 Å². The summed E-state index contributed by atoms with van der Waals surface area (Å²) in [6.45, 7) is 8.61. The predicted octanol–water partition coefficient (Wildman–Crippen LogP) is 2.78. The van der Waals surface area contributed by atoms with Gasteiger partial charge in [-0.1, -0.05) is 26.0 Å². The number of amides is 1. The van der Waals surface area contributed by atoms with Gasteiger partial charge in [0.15, 0.2) is 11.6 Å². The lowest BCUT2D eigenvalue weighted by Crippen LogP contribution is -2.51. The van der Waals surface area contributed by atoms with Gasteiger partial charge < -0.3 is 9.64 Å². The number of para-hydroxylation sites is 1. The van der Waals surface area contributed by atoms with Crippen molar-refractivity contribution < 1.29 is 13.9 Å². The maximum atomic E-state index is 13.5. The zero-order valence-corrected chi connectivity index (χ0v) is 14.1. The Balaban J connectivity index is 1.71. The maximum Gasteiger partial charge on any atom is 0.225 e. The first kappa shape index (κ1) is 17.7. The minimum atomic E-state index is -0.326. The van der Waals surface area contributed by atoms with E-state index in [1.165, 1.54) is 6.07 Å². The van der Waals surface area contributed by atoms with E-state index >= 15 is 0 Å². The van der Waals surface area contributed by atoms with Gasteiger partial charge in [0.1, 0.15) is 6.61 Å². The van der Waals surface area contributed by atoms with Crippen LogP contribution in [0, 0.1) is 11.7 Å². The largest absolute Gasteiger partial charge is 0.489 e. The van der Waals surface area contributed by atoms with Crippen LogP contribution in [-0.2, 0) is 4.79 Å². The molecule has 1 heterocycles. The molecule has 0 aliphatic carbocycles. The average Bonchev–Trinajstić information content (AvgIpc) is 2.58. The predicted molar refractivity (Wildman–Crippen MR) is 89.0 cm³/mol. The number of nitrogens with zero attached hydrogens (tertiary/aromatic N) is 2. The monoisotopic (exact) mass is 322 g/mol. The minimum absolute atomic E-state index is 0.158. The minimum Gasteiger partial charge on any atom is -0.489 e. The number of carbonyl (C=O) groups is 1.